The van der Waals surface area contributed by atoms with E-state index >= 15 is 0 Å². The number of amides is 1. The summed E-state index contributed by atoms with van der Waals surface area (Å²) in [5.74, 6) is -0.400. The molecule has 2 aromatic carbocycles. The average Bonchev–Trinajstić information content (AvgIpc) is 2.96. The van der Waals surface area contributed by atoms with Gasteiger partial charge in [0.1, 0.15) is 11.6 Å². The first-order valence-corrected chi connectivity index (χ1v) is 9.18. The quantitative estimate of drug-likeness (QED) is 0.847. The topological polar surface area (TPSA) is 41.1 Å². The van der Waals surface area contributed by atoms with Crippen molar-refractivity contribution in [3.8, 4) is 11.1 Å². The molecule has 0 saturated carbocycles. The van der Waals surface area contributed by atoms with Crippen LogP contribution in [0.25, 0.3) is 11.1 Å². The van der Waals surface area contributed by atoms with Crippen LogP contribution in [0, 0.1) is 17.6 Å². The predicted octanol–water partition coefficient (Wildman–Crippen LogP) is 4.49. The van der Waals surface area contributed by atoms with E-state index in [1.54, 1.807) is 18.2 Å². The van der Waals surface area contributed by atoms with Gasteiger partial charge in [0.05, 0.1) is 0 Å². The number of benzene rings is 2. The summed E-state index contributed by atoms with van der Waals surface area (Å²) in [6.45, 7) is 0. The molecule has 2 bridgehead atoms. The molecule has 0 aliphatic carbocycles. The van der Waals surface area contributed by atoms with E-state index in [0.29, 0.717) is 41.2 Å². The number of fused-ring (bicyclic) bond motifs is 2. The lowest BCUT2D eigenvalue weighted by atomic mass is 9.89. The second-order valence-corrected chi connectivity index (χ2v) is 7.42. The highest BCUT2D eigenvalue weighted by Crippen LogP contribution is 2.34. The molecule has 1 amide bonds. The van der Waals surface area contributed by atoms with Crippen LogP contribution < -0.4 is 10.6 Å². The Bertz CT molecular complexity index is 794. The van der Waals surface area contributed by atoms with Gasteiger partial charge in [0, 0.05) is 29.8 Å². The van der Waals surface area contributed by atoms with E-state index in [9.17, 15) is 13.6 Å². The van der Waals surface area contributed by atoms with Gasteiger partial charge in [-0.25, -0.2) is 8.78 Å². The number of hydrogen-bond donors (Lipinski definition) is 2. The van der Waals surface area contributed by atoms with Crippen LogP contribution >= 0.6 is 0 Å². The maximum Gasteiger partial charge on any atom is 0.224 e. The number of piperidine rings is 1. The first-order chi connectivity index (χ1) is 12.6. The smallest absolute Gasteiger partial charge is 0.224 e. The molecule has 0 aromatic heterocycles. The normalized spacial score (nSPS) is 24.5. The van der Waals surface area contributed by atoms with Gasteiger partial charge in [-0.05, 0) is 67.5 Å². The molecule has 4 rings (SSSR count). The summed E-state index contributed by atoms with van der Waals surface area (Å²) in [5, 5.41) is 6.51. The van der Waals surface area contributed by atoms with Gasteiger partial charge >= 0.3 is 0 Å². The molecular weight excluding hydrogens is 334 g/mol. The number of halogens is 2. The van der Waals surface area contributed by atoms with E-state index < -0.39 is 5.82 Å². The van der Waals surface area contributed by atoms with Crippen molar-refractivity contribution in [2.24, 2.45) is 5.92 Å². The summed E-state index contributed by atoms with van der Waals surface area (Å²) in [6, 6.07) is 11.2. The van der Waals surface area contributed by atoms with Gasteiger partial charge < -0.3 is 10.6 Å². The number of rotatable bonds is 4. The predicted molar refractivity (Wildman–Crippen MR) is 97.7 cm³/mol. The van der Waals surface area contributed by atoms with Crippen molar-refractivity contribution in [1.82, 2.24) is 5.32 Å². The number of hydrogen-bond acceptors (Lipinski definition) is 2. The van der Waals surface area contributed by atoms with Crippen LogP contribution in [-0.4, -0.2) is 18.0 Å². The lowest BCUT2D eigenvalue weighted by Crippen LogP contribution is -2.39. The van der Waals surface area contributed by atoms with Gasteiger partial charge in [-0.15, -0.1) is 0 Å². The van der Waals surface area contributed by atoms with Crippen molar-refractivity contribution in [2.75, 3.05) is 5.32 Å². The molecule has 2 fully saturated rings. The van der Waals surface area contributed by atoms with E-state index in [1.807, 2.05) is 0 Å². The van der Waals surface area contributed by atoms with Crippen molar-refractivity contribution < 1.29 is 13.6 Å². The van der Waals surface area contributed by atoms with Crippen molar-refractivity contribution in [1.29, 1.82) is 0 Å². The number of nitrogens with one attached hydrogen (secondary N) is 2. The Morgan fingerprint density at radius 1 is 1.00 bits per heavy atom. The first-order valence-electron chi connectivity index (χ1n) is 9.18. The number of carbonyl (C=O) groups is 1. The second-order valence-electron chi connectivity index (χ2n) is 7.42. The van der Waals surface area contributed by atoms with Crippen LogP contribution in [0.2, 0.25) is 0 Å². The van der Waals surface area contributed by atoms with E-state index in [4.69, 9.17) is 0 Å². The van der Waals surface area contributed by atoms with Crippen LogP contribution in [0.4, 0.5) is 14.5 Å². The zero-order valence-corrected chi connectivity index (χ0v) is 14.5. The second kappa shape index (κ2) is 7.16. The van der Waals surface area contributed by atoms with Crippen LogP contribution in [0.3, 0.4) is 0 Å². The zero-order chi connectivity index (χ0) is 18.1. The SMILES string of the molecule is O=C(CC1CC2CCC(C1)N2)Nc1ccc(F)cc1-c1ccc(F)cc1. The largest absolute Gasteiger partial charge is 0.326 e. The molecule has 2 saturated heterocycles. The number of anilines is 1. The summed E-state index contributed by atoms with van der Waals surface area (Å²) in [4.78, 5) is 12.6. The Hall–Kier alpha value is -2.27. The molecular formula is C21H22F2N2O. The molecule has 2 aromatic rings. The van der Waals surface area contributed by atoms with Crippen molar-refractivity contribution in [3.05, 3.63) is 54.1 Å². The van der Waals surface area contributed by atoms with E-state index in [-0.39, 0.29) is 11.7 Å². The summed E-state index contributed by atoms with van der Waals surface area (Å²) < 4.78 is 26.9. The highest BCUT2D eigenvalue weighted by molar-refractivity contribution is 5.95. The third kappa shape index (κ3) is 3.78. The average molecular weight is 356 g/mol. The standard InChI is InChI=1S/C21H22F2N2O/c22-15-3-1-14(2-4-15)19-12-16(23)5-8-20(19)25-21(26)11-13-9-17-6-7-18(10-13)24-17/h1-5,8,12-13,17-18,24H,6-7,9-11H2,(H,25,26). The van der Waals surface area contributed by atoms with Gasteiger partial charge in [-0.3, -0.25) is 4.79 Å². The summed E-state index contributed by atoms with van der Waals surface area (Å²) in [7, 11) is 0. The lowest BCUT2D eigenvalue weighted by Gasteiger charge is -2.28. The lowest BCUT2D eigenvalue weighted by molar-refractivity contribution is -0.117. The fourth-order valence-electron chi connectivity index (χ4n) is 4.30. The van der Waals surface area contributed by atoms with Gasteiger partial charge in [-0.1, -0.05) is 12.1 Å². The van der Waals surface area contributed by atoms with Crippen molar-refractivity contribution in [3.63, 3.8) is 0 Å². The molecule has 2 N–H and O–H groups in total. The fraction of sp³-hybridized carbons (Fsp3) is 0.381. The van der Waals surface area contributed by atoms with Gasteiger partial charge in [-0.2, -0.15) is 0 Å². The van der Waals surface area contributed by atoms with Crippen LogP contribution in [0.1, 0.15) is 32.1 Å². The highest BCUT2D eigenvalue weighted by atomic mass is 19.1. The molecule has 2 atom stereocenters. The minimum absolute atomic E-state index is 0.0498. The van der Waals surface area contributed by atoms with Crippen LogP contribution in [0.15, 0.2) is 42.5 Å². The Labute approximate surface area is 151 Å². The molecule has 2 heterocycles. The van der Waals surface area contributed by atoms with Gasteiger partial charge in [0.15, 0.2) is 0 Å². The Morgan fingerprint density at radius 3 is 2.35 bits per heavy atom. The van der Waals surface area contributed by atoms with E-state index in [2.05, 4.69) is 10.6 Å². The minimum Gasteiger partial charge on any atom is -0.326 e. The summed E-state index contributed by atoms with van der Waals surface area (Å²) in [5.41, 5.74) is 1.78. The Balaban J connectivity index is 1.49. The van der Waals surface area contributed by atoms with Crippen LogP contribution in [-0.2, 0) is 4.79 Å². The summed E-state index contributed by atoms with van der Waals surface area (Å²) in [6.07, 6.45) is 4.97. The first kappa shape index (κ1) is 17.2. The summed E-state index contributed by atoms with van der Waals surface area (Å²) >= 11 is 0. The van der Waals surface area contributed by atoms with Gasteiger partial charge in [0.2, 0.25) is 5.91 Å². The van der Waals surface area contributed by atoms with Gasteiger partial charge in [0.25, 0.3) is 0 Å². The highest BCUT2D eigenvalue weighted by Gasteiger charge is 2.34. The molecule has 3 nitrogen and oxygen atoms in total. The molecule has 2 aliphatic rings. The fourth-order valence-corrected chi connectivity index (χ4v) is 4.30. The Morgan fingerprint density at radius 2 is 1.65 bits per heavy atom. The maximum absolute atomic E-state index is 13.7. The monoisotopic (exact) mass is 356 g/mol. The van der Waals surface area contributed by atoms with Crippen molar-refractivity contribution in [2.45, 2.75) is 44.2 Å². The molecule has 136 valence electrons. The molecule has 2 unspecified atom stereocenters. The molecule has 2 aliphatic heterocycles. The minimum atomic E-state index is -0.391. The molecule has 5 heteroatoms. The molecule has 0 radical (unpaired) electrons. The molecule has 0 spiro atoms. The third-order valence-electron chi connectivity index (χ3n) is 5.46. The van der Waals surface area contributed by atoms with E-state index in [0.717, 1.165) is 12.8 Å². The third-order valence-corrected chi connectivity index (χ3v) is 5.46. The number of carbonyl (C=O) groups excluding carboxylic acids is 1. The van der Waals surface area contributed by atoms with Crippen molar-refractivity contribution >= 4 is 11.6 Å². The zero-order valence-electron chi connectivity index (χ0n) is 14.5. The van der Waals surface area contributed by atoms with E-state index in [1.165, 1.54) is 37.1 Å². The Kier molecular flexibility index (Phi) is 4.72. The molecule has 26 heavy (non-hydrogen) atoms. The maximum atomic E-state index is 13.7. The van der Waals surface area contributed by atoms with Crippen LogP contribution in [0.5, 0.6) is 0 Å².